The van der Waals surface area contributed by atoms with Crippen LogP contribution in [0, 0.1) is 6.92 Å². The molecule has 0 spiro atoms. The van der Waals surface area contributed by atoms with Gasteiger partial charge in [0.1, 0.15) is 0 Å². The third kappa shape index (κ3) is 3.40. The first-order chi connectivity index (χ1) is 10.0. The molecule has 2 aromatic rings. The van der Waals surface area contributed by atoms with Crippen molar-refractivity contribution in [1.29, 1.82) is 0 Å². The summed E-state index contributed by atoms with van der Waals surface area (Å²) in [5.41, 5.74) is 3.59. The number of amides is 1. The Morgan fingerprint density at radius 1 is 1.38 bits per heavy atom. The number of nitrogens with zero attached hydrogens (tertiary/aromatic N) is 2. The van der Waals surface area contributed by atoms with Crippen LogP contribution in [0.3, 0.4) is 0 Å². The van der Waals surface area contributed by atoms with Crippen molar-refractivity contribution in [2.45, 2.75) is 26.7 Å². The van der Waals surface area contributed by atoms with Gasteiger partial charge in [0, 0.05) is 12.2 Å². The molecule has 1 N–H and O–H groups in total. The minimum absolute atomic E-state index is 0.185. The van der Waals surface area contributed by atoms with Crippen molar-refractivity contribution in [1.82, 2.24) is 15.1 Å². The molecular formula is C17H21N3O. The van der Waals surface area contributed by atoms with Crippen molar-refractivity contribution >= 4 is 5.91 Å². The third-order valence-electron chi connectivity index (χ3n) is 3.33. The number of nitrogens with one attached hydrogen (secondary N) is 1. The summed E-state index contributed by atoms with van der Waals surface area (Å²) in [5, 5.41) is 7.11. The van der Waals surface area contributed by atoms with E-state index < -0.39 is 0 Å². The Morgan fingerprint density at radius 3 is 2.62 bits per heavy atom. The van der Waals surface area contributed by atoms with Crippen molar-refractivity contribution in [2.24, 2.45) is 0 Å². The molecule has 2 rings (SSSR count). The van der Waals surface area contributed by atoms with Gasteiger partial charge >= 0.3 is 0 Å². The first-order valence-electron chi connectivity index (χ1n) is 7.09. The van der Waals surface area contributed by atoms with Crippen molar-refractivity contribution in [2.75, 3.05) is 6.54 Å². The van der Waals surface area contributed by atoms with Crippen LogP contribution >= 0.6 is 0 Å². The molecule has 1 heterocycles. The van der Waals surface area contributed by atoms with E-state index >= 15 is 0 Å². The van der Waals surface area contributed by atoms with Crippen LogP contribution in [0.1, 0.15) is 41.5 Å². The number of rotatable bonds is 5. The summed E-state index contributed by atoms with van der Waals surface area (Å²) in [4.78, 5) is 11.9. The molecule has 0 atom stereocenters. The number of benzene rings is 1. The predicted molar refractivity (Wildman–Crippen MR) is 84.9 cm³/mol. The van der Waals surface area contributed by atoms with Gasteiger partial charge in [0.05, 0.1) is 5.69 Å². The molecule has 1 aromatic heterocycles. The first-order valence-corrected chi connectivity index (χ1v) is 7.09. The van der Waals surface area contributed by atoms with Crippen LogP contribution in [0.5, 0.6) is 0 Å². The van der Waals surface area contributed by atoms with E-state index in [0.29, 0.717) is 18.2 Å². The summed E-state index contributed by atoms with van der Waals surface area (Å²) in [5.74, 6) is 0.313. The Bertz CT molecular complexity index is 639. The van der Waals surface area contributed by atoms with E-state index in [-0.39, 0.29) is 5.91 Å². The molecule has 1 aromatic carbocycles. The molecule has 21 heavy (non-hydrogen) atoms. The Balaban J connectivity index is 2.26. The van der Waals surface area contributed by atoms with Gasteiger partial charge < -0.3 is 5.32 Å². The van der Waals surface area contributed by atoms with Gasteiger partial charge in [-0.15, -0.1) is 6.58 Å². The molecule has 0 fully saturated rings. The molecule has 1 amide bonds. The van der Waals surface area contributed by atoms with Crippen LogP contribution in [0.4, 0.5) is 0 Å². The van der Waals surface area contributed by atoms with Gasteiger partial charge in [-0.1, -0.05) is 32.1 Å². The highest BCUT2D eigenvalue weighted by Gasteiger charge is 2.12. The molecule has 110 valence electrons. The molecular weight excluding hydrogens is 262 g/mol. The standard InChI is InChI=1S/C17H21N3O/c1-5-10-18-17(21)16-11-13(4)20(19-16)15-8-6-14(7-9-15)12(2)3/h5-9,11-12H,1,10H2,2-4H3,(H,18,21). The topological polar surface area (TPSA) is 46.9 Å². The number of aryl methyl sites for hydroxylation is 1. The molecule has 0 radical (unpaired) electrons. The van der Waals surface area contributed by atoms with Crippen LogP contribution < -0.4 is 5.32 Å². The first kappa shape index (κ1) is 15.0. The van der Waals surface area contributed by atoms with E-state index in [4.69, 9.17) is 0 Å². The zero-order valence-corrected chi connectivity index (χ0v) is 12.8. The highest BCUT2D eigenvalue weighted by Crippen LogP contribution is 2.18. The second-order valence-electron chi connectivity index (χ2n) is 5.33. The van der Waals surface area contributed by atoms with Gasteiger partial charge in [0.25, 0.3) is 5.91 Å². The molecule has 0 aliphatic carbocycles. The zero-order valence-electron chi connectivity index (χ0n) is 12.8. The van der Waals surface area contributed by atoms with Gasteiger partial charge in [0.15, 0.2) is 5.69 Å². The zero-order chi connectivity index (χ0) is 15.4. The number of aromatic nitrogens is 2. The van der Waals surface area contributed by atoms with Crippen molar-refractivity contribution in [3.05, 3.63) is 59.9 Å². The lowest BCUT2D eigenvalue weighted by Gasteiger charge is -2.08. The number of carbonyl (C=O) groups excluding carboxylic acids is 1. The molecule has 0 bridgehead atoms. The normalized spacial score (nSPS) is 10.7. The lowest BCUT2D eigenvalue weighted by molar-refractivity contribution is 0.0952. The second kappa shape index (κ2) is 6.39. The maximum absolute atomic E-state index is 11.9. The third-order valence-corrected chi connectivity index (χ3v) is 3.33. The van der Waals surface area contributed by atoms with Gasteiger partial charge in [-0.05, 0) is 36.6 Å². The van der Waals surface area contributed by atoms with E-state index in [9.17, 15) is 4.79 Å². The molecule has 4 nitrogen and oxygen atoms in total. The van der Waals surface area contributed by atoms with Gasteiger partial charge in [-0.2, -0.15) is 5.10 Å². The molecule has 4 heteroatoms. The summed E-state index contributed by atoms with van der Waals surface area (Å²) in [6, 6.07) is 10.0. The molecule has 0 aliphatic heterocycles. The van der Waals surface area contributed by atoms with E-state index in [1.54, 1.807) is 16.8 Å². The van der Waals surface area contributed by atoms with Gasteiger partial charge in [-0.25, -0.2) is 4.68 Å². The molecule has 0 unspecified atom stereocenters. The number of carbonyl (C=O) groups is 1. The SMILES string of the molecule is C=CCNC(=O)c1cc(C)n(-c2ccc(C(C)C)cc2)n1. The average molecular weight is 283 g/mol. The van der Waals surface area contributed by atoms with Crippen molar-refractivity contribution in [3.63, 3.8) is 0 Å². The Labute approximate surface area is 125 Å². The Kier molecular flexibility index (Phi) is 4.58. The predicted octanol–water partition coefficient (Wildman–Crippen LogP) is 3.22. The highest BCUT2D eigenvalue weighted by atomic mass is 16.1. The summed E-state index contributed by atoms with van der Waals surface area (Å²) in [7, 11) is 0. The summed E-state index contributed by atoms with van der Waals surface area (Å²) in [6.45, 7) is 10.3. The van der Waals surface area contributed by atoms with Gasteiger partial charge in [0.2, 0.25) is 0 Å². The minimum atomic E-state index is -0.185. The fourth-order valence-electron chi connectivity index (χ4n) is 2.10. The van der Waals surface area contributed by atoms with E-state index in [1.807, 2.05) is 19.1 Å². The maximum Gasteiger partial charge on any atom is 0.272 e. The fourth-order valence-corrected chi connectivity index (χ4v) is 2.10. The van der Waals surface area contributed by atoms with Crippen molar-refractivity contribution in [3.8, 4) is 5.69 Å². The average Bonchev–Trinajstić information content (AvgIpc) is 2.87. The molecule has 0 saturated heterocycles. The van der Waals surface area contributed by atoms with Crippen LogP contribution in [-0.4, -0.2) is 22.2 Å². The molecule has 0 aliphatic rings. The minimum Gasteiger partial charge on any atom is -0.347 e. The number of hydrogen-bond acceptors (Lipinski definition) is 2. The monoisotopic (exact) mass is 283 g/mol. The van der Waals surface area contributed by atoms with Crippen molar-refractivity contribution < 1.29 is 4.79 Å². The largest absolute Gasteiger partial charge is 0.347 e. The van der Waals surface area contributed by atoms with E-state index in [2.05, 4.69) is 43.0 Å². The smallest absolute Gasteiger partial charge is 0.272 e. The maximum atomic E-state index is 11.9. The molecule has 0 saturated carbocycles. The summed E-state index contributed by atoms with van der Waals surface area (Å²) >= 11 is 0. The highest BCUT2D eigenvalue weighted by molar-refractivity contribution is 5.92. The quantitative estimate of drug-likeness (QED) is 0.856. The van der Waals surface area contributed by atoms with Crippen LogP contribution in [0.25, 0.3) is 5.69 Å². The van der Waals surface area contributed by atoms with Crippen LogP contribution in [0.15, 0.2) is 43.0 Å². The lowest BCUT2D eigenvalue weighted by Crippen LogP contribution is -2.23. The Hall–Kier alpha value is -2.36. The fraction of sp³-hybridized carbons (Fsp3) is 0.294. The van der Waals surface area contributed by atoms with Crippen LogP contribution in [-0.2, 0) is 0 Å². The van der Waals surface area contributed by atoms with Gasteiger partial charge in [-0.3, -0.25) is 4.79 Å². The lowest BCUT2D eigenvalue weighted by atomic mass is 10.0. The summed E-state index contributed by atoms with van der Waals surface area (Å²) < 4.78 is 1.78. The van der Waals surface area contributed by atoms with Crippen LogP contribution in [0.2, 0.25) is 0 Å². The van der Waals surface area contributed by atoms with E-state index in [1.165, 1.54) is 5.56 Å². The van der Waals surface area contributed by atoms with E-state index in [0.717, 1.165) is 11.4 Å². The summed E-state index contributed by atoms with van der Waals surface area (Å²) in [6.07, 6.45) is 1.65. The second-order valence-corrected chi connectivity index (χ2v) is 5.33. The Morgan fingerprint density at radius 2 is 2.05 bits per heavy atom. The number of hydrogen-bond donors (Lipinski definition) is 1.